The van der Waals surface area contributed by atoms with Crippen LogP contribution in [0.4, 0.5) is 16.3 Å². The molecule has 0 spiro atoms. The first kappa shape index (κ1) is 26.9. The third kappa shape index (κ3) is 7.01. The highest BCUT2D eigenvalue weighted by Crippen LogP contribution is 2.26. The van der Waals surface area contributed by atoms with Crippen molar-refractivity contribution in [3.63, 3.8) is 0 Å². The van der Waals surface area contributed by atoms with E-state index in [2.05, 4.69) is 31.4 Å². The molecule has 0 unspecified atom stereocenters. The Morgan fingerprint density at radius 1 is 0.921 bits per heavy atom. The van der Waals surface area contributed by atoms with Gasteiger partial charge in [-0.2, -0.15) is 5.10 Å². The lowest BCUT2D eigenvalue weighted by Crippen LogP contribution is -2.40. The van der Waals surface area contributed by atoms with Gasteiger partial charge in [-0.05, 0) is 42.8 Å². The number of rotatable bonds is 7. The molecule has 8 heteroatoms. The number of halogens is 1. The highest BCUT2D eigenvalue weighted by atomic mass is 35.5. The van der Waals surface area contributed by atoms with Crippen LogP contribution in [0.5, 0.6) is 0 Å². The van der Waals surface area contributed by atoms with Gasteiger partial charge in [0.1, 0.15) is 12.4 Å². The van der Waals surface area contributed by atoms with Gasteiger partial charge in [0.25, 0.3) is 0 Å². The number of amides is 3. The largest absolute Gasteiger partial charge is 0.322 e. The molecule has 0 aliphatic heterocycles. The lowest BCUT2D eigenvalue weighted by Gasteiger charge is -2.23. The van der Waals surface area contributed by atoms with Crippen LogP contribution in [0, 0.1) is 6.92 Å². The average molecular weight is 530 g/mol. The molecule has 1 heterocycles. The van der Waals surface area contributed by atoms with E-state index in [1.807, 2.05) is 67.6 Å². The second kappa shape index (κ2) is 11.5. The van der Waals surface area contributed by atoms with Crippen molar-refractivity contribution in [2.45, 2.75) is 39.7 Å². The predicted molar refractivity (Wildman–Crippen MR) is 153 cm³/mol. The van der Waals surface area contributed by atoms with Gasteiger partial charge in [-0.25, -0.2) is 9.48 Å². The first-order chi connectivity index (χ1) is 18.1. The van der Waals surface area contributed by atoms with E-state index in [1.165, 1.54) is 4.90 Å². The summed E-state index contributed by atoms with van der Waals surface area (Å²) in [5.74, 6) is 0.203. The molecule has 7 nitrogen and oxygen atoms in total. The van der Waals surface area contributed by atoms with Crippen LogP contribution in [0.25, 0.3) is 5.69 Å². The molecular weight excluding hydrogens is 498 g/mol. The van der Waals surface area contributed by atoms with Crippen molar-refractivity contribution in [2.75, 3.05) is 17.2 Å². The van der Waals surface area contributed by atoms with Crippen molar-refractivity contribution in [1.82, 2.24) is 14.7 Å². The van der Waals surface area contributed by atoms with Gasteiger partial charge in [0, 0.05) is 28.7 Å². The molecule has 0 saturated heterocycles. The zero-order chi connectivity index (χ0) is 27.3. The van der Waals surface area contributed by atoms with Gasteiger partial charge in [-0.1, -0.05) is 86.5 Å². The van der Waals surface area contributed by atoms with E-state index in [0.29, 0.717) is 16.5 Å². The number of carbonyl (C=O) groups is 2. The summed E-state index contributed by atoms with van der Waals surface area (Å²) < 4.78 is 1.73. The highest BCUT2D eigenvalue weighted by Gasteiger charge is 2.23. The molecule has 1 aromatic heterocycles. The summed E-state index contributed by atoms with van der Waals surface area (Å²) in [5, 5.41) is 11.1. The Labute approximate surface area is 228 Å². The Kier molecular flexibility index (Phi) is 8.17. The van der Waals surface area contributed by atoms with Crippen LogP contribution in [-0.4, -0.2) is 33.2 Å². The highest BCUT2D eigenvalue weighted by molar-refractivity contribution is 6.30. The zero-order valence-electron chi connectivity index (χ0n) is 22.0. The fraction of sp³-hybridized carbons (Fsp3) is 0.233. The fourth-order valence-corrected chi connectivity index (χ4v) is 4.04. The summed E-state index contributed by atoms with van der Waals surface area (Å²) in [7, 11) is 0. The molecule has 0 atom stereocenters. The molecule has 196 valence electrons. The van der Waals surface area contributed by atoms with E-state index in [1.54, 1.807) is 28.9 Å². The van der Waals surface area contributed by atoms with E-state index in [0.717, 1.165) is 22.5 Å². The molecule has 0 fully saturated rings. The Bertz CT molecular complexity index is 1410. The van der Waals surface area contributed by atoms with Crippen molar-refractivity contribution in [3.05, 3.63) is 107 Å². The van der Waals surface area contributed by atoms with E-state index >= 15 is 0 Å². The van der Waals surface area contributed by atoms with Crippen LogP contribution in [0.2, 0.25) is 5.02 Å². The molecule has 0 radical (unpaired) electrons. The number of carbonyl (C=O) groups excluding carboxylic acids is 2. The molecular formula is C30H32ClN5O2. The van der Waals surface area contributed by atoms with Gasteiger partial charge in [-0.3, -0.25) is 4.79 Å². The molecule has 0 saturated carbocycles. The smallest absolute Gasteiger partial charge is 0.311 e. The van der Waals surface area contributed by atoms with Crippen LogP contribution >= 0.6 is 11.6 Å². The number of hydrogen-bond donors (Lipinski definition) is 2. The number of nitrogens with one attached hydrogen (secondary N) is 2. The molecule has 0 bridgehead atoms. The van der Waals surface area contributed by atoms with Gasteiger partial charge in [0.05, 0.1) is 11.4 Å². The average Bonchev–Trinajstić information content (AvgIpc) is 3.29. The van der Waals surface area contributed by atoms with E-state index in [9.17, 15) is 9.59 Å². The first-order valence-electron chi connectivity index (χ1n) is 12.4. The molecule has 4 aromatic rings. The minimum atomic E-state index is -0.409. The molecule has 3 amide bonds. The second-order valence-electron chi connectivity index (χ2n) is 10.2. The molecule has 4 rings (SSSR count). The maximum Gasteiger partial charge on any atom is 0.322 e. The number of nitrogens with zero attached hydrogens (tertiary/aromatic N) is 3. The van der Waals surface area contributed by atoms with Crippen LogP contribution in [0.3, 0.4) is 0 Å². The Balaban J connectivity index is 1.58. The van der Waals surface area contributed by atoms with Crippen molar-refractivity contribution in [3.8, 4) is 5.69 Å². The Morgan fingerprint density at radius 2 is 1.63 bits per heavy atom. The molecule has 0 aliphatic carbocycles. The van der Waals surface area contributed by atoms with Gasteiger partial charge in [0.2, 0.25) is 5.91 Å². The van der Waals surface area contributed by atoms with Crippen molar-refractivity contribution >= 4 is 35.0 Å². The zero-order valence-corrected chi connectivity index (χ0v) is 22.8. The van der Waals surface area contributed by atoms with Gasteiger partial charge >= 0.3 is 6.03 Å². The summed E-state index contributed by atoms with van der Waals surface area (Å²) in [5.41, 5.74) is 4.04. The summed E-state index contributed by atoms with van der Waals surface area (Å²) in [6.45, 7) is 8.33. The summed E-state index contributed by atoms with van der Waals surface area (Å²) in [6, 6.07) is 25.8. The summed E-state index contributed by atoms with van der Waals surface area (Å²) >= 11 is 6.08. The van der Waals surface area contributed by atoms with Crippen molar-refractivity contribution in [1.29, 1.82) is 0 Å². The quantitative estimate of drug-likeness (QED) is 0.276. The maximum atomic E-state index is 13.3. The van der Waals surface area contributed by atoms with E-state index < -0.39 is 6.03 Å². The SMILES string of the molecule is Cc1ccc(-n2nc(C(C)(C)C)cc2NC(=O)CN(Cc2ccccc2)C(=O)Nc2cccc(Cl)c2)cc1. The number of benzene rings is 3. The van der Waals surface area contributed by atoms with Crippen LogP contribution in [0.15, 0.2) is 84.9 Å². The monoisotopic (exact) mass is 529 g/mol. The fourth-order valence-electron chi connectivity index (χ4n) is 3.85. The first-order valence-corrected chi connectivity index (χ1v) is 12.8. The topological polar surface area (TPSA) is 79.3 Å². The van der Waals surface area contributed by atoms with E-state index in [4.69, 9.17) is 16.7 Å². The third-order valence-corrected chi connectivity index (χ3v) is 6.17. The van der Waals surface area contributed by atoms with E-state index in [-0.39, 0.29) is 24.4 Å². The summed E-state index contributed by atoms with van der Waals surface area (Å²) in [4.78, 5) is 28.0. The van der Waals surface area contributed by atoms with Gasteiger partial charge in [-0.15, -0.1) is 0 Å². The second-order valence-corrected chi connectivity index (χ2v) is 10.7. The summed E-state index contributed by atoms with van der Waals surface area (Å²) in [6.07, 6.45) is 0. The predicted octanol–water partition coefficient (Wildman–Crippen LogP) is 6.80. The van der Waals surface area contributed by atoms with Crippen LogP contribution < -0.4 is 10.6 Å². The lowest BCUT2D eigenvalue weighted by molar-refractivity contribution is -0.116. The maximum absolute atomic E-state index is 13.3. The number of aromatic nitrogens is 2. The molecule has 0 aliphatic rings. The van der Waals surface area contributed by atoms with Crippen molar-refractivity contribution in [2.24, 2.45) is 0 Å². The minimum absolute atomic E-state index is 0.161. The number of aryl methyl sites for hydroxylation is 1. The minimum Gasteiger partial charge on any atom is -0.311 e. The Hall–Kier alpha value is -4.10. The standard InChI is InChI=1S/C30H32ClN5O2/c1-21-13-15-25(16-14-21)36-27(18-26(34-36)30(2,3)4)33-28(37)20-35(19-22-9-6-5-7-10-22)29(38)32-24-12-8-11-23(31)17-24/h5-18H,19-20H2,1-4H3,(H,32,38)(H,33,37). The molecule has 2 N–H and O–H groups in total. The molecule has 3 aromatic carbocycles. The number of hydrogen-bond acceptors (Lipinski definition) is 3. The van der Waals surface area contributed by atoms with Crippen molar-refractivity contribution < 1.29 is 9.59 Å². The lowest BCUT2D eigenvalue weighted by atomic mass is 9.92. The van der Waals surface area contributed by atoms with Crippen LogP contribution in [0.1, 0.15) is 37.6 Å². The molecule has 38 heavy (non-hydrogen) atoms. The number of anilines is 2. The van der Waals surface area contributed by atoms with Gasteiger partial charge < -0.3 is 15.5 Å². The number of urea groups is 1. The third-order valence-electron chi connectivity index (χ3n) is 5.94. The van der Waals surface area contributed by atoms with Gasteiger partial charge in [0.15, 0.2) is 0 Å². The normalized spacial score (nSPS) is 11.2. The van der Waals surface area contributed by atoms with Crippen LogP contribution in [-0.2, 0) is 16.8 Å². The Morgan fingerprint density at radius 3 is 2.29 bits per heavy atom.